The van der Waals surface area contributed by atoms with Gasteiger partial charge in [-0.3, -0.25) is 4.21 Å². The number of methoxy groups -OCH3 is 1. The summed E-state index contributed by atoms with van der Waals surface area (Å²) in [6, 6.07) is 4.18. The molecule has 3 unspecified atom stereocenters. The Hall–Kier alpha value is -1.63. The average Bonchev–Trinajstić information content (AvgIpc) is 2.66. The van der Waals surface area contributed by atoms with Gasteiger partial charge in [0.1, 0.15) is 0 Å². The summed E-state index contributed by atoms with van der Waals surface area (Å²) in [6.07, 6.45) is 5.94. The van der Waals surface area contributed by atoms with Crippen molar-refractivity contribution in [1.82, 2.24) is 15.6 Å². The molecular formula is C18H30N4O2S. The van der Waals surface area contributed by atoms with Crippen LogP contribution in [0.4, 0.5) is 0 Å². The summed E-state index contributed by atoms with van der Waals surface area (Å²) < 4.78 is 17.4. The fraction of sp³-hybridized carbons (Fsp3) is 0.667. The van der Waals surface area contributed by atoms with Crippen molar-refractivity contribution in [3.8, 4) is 5.88 Å². The highest BCUT2D eigenvalue weighted by atomic mass is 32.2. The molecule has 0 amide bonds. The molecule has 1 aliphatic carbocycles. The lowest BCUT2D eigenvalue weighted by Crippen LogP contribution is -2.46. The van der Waals surface area contributed by atoms with E-state index in [0.29, 0.717) is 23.7 Å². The van der Waals surface area contributed by atoms with Gasteiger partial charge in [-0.05, 0) is 32.3 Å². The van der Waals surface area contributed by atoms with Crippen LogP contribution in [-0.2, 0) is 17.3 Å². The minimum atomic E-state index is -0.716. The van der Waals surface area contributed by atoms with Crippen molar-refractivity contribution in [3.05, 3.63) is 23.9 Å². The zero-order valence-corrected chi connectivity index (χ0v) is 16.3. The highest BCUT2D eigenvalue weighted by Gasteiger charge is 2.26. The summed E-state index contributed by atoms with van der Waals surface area (Å²) in [4.78, 5) is 8.88. The van der Waals surface area contributed by atoms with Gasteiger partial charge in [0, 0.05) is 46.1 Å². The van der Waals surface area contributed by atoms with E-state index in [1.165, 1.54) is 0 Å². The number of ether oxygens (including phenoxy) is 1. The first kappa shape index (κ1) is 19.7. The Bertz CT molecular complexity index is 594. The molecule has 2 rings (SSSR count). The van der Waals surface area contributed by atoms with Crippen molar-refractivity contribution in [3.63, 3.8) is 0 Å². The fourth-order valence-corrected chi connectivity index (χ4v) is 4.50. The molecule has 25 heavy (non-hydrogen) atoms. The van der Waals surface area contributed by atoms with Gasteiger partial charge in [-0.2, -0.15) is 0 Å². The highest BCUT2D eigenvalue weighted by Crippen LogP contribution is 2.23. The molecule has 0 aliphatic heterocycles. The number of hydrogen-bond acceptors (Lipinski definition) is 4. The molecule has 3 atom stereocenters. The zero-order valence-electron chi connectivity index (χ0n) is 15.5. The van der Waals surface area contributed by atoms with Crippen molar-refractivity contribution in [2.75, 3.05) is 19.4 Å². The van der Waals surface area contributed by atoms with Crippen LogP contribution in [0.15, 0.2) is 23.3 Å². The number of nitrogens with zero attached hydrogens (tertiary/aromatic N) is 2. The van der Waals surface area contributed by atoms with Gasteiger partial charge >= 0.3 is 0 Å². The normalized spacial score (nSPS) is 22.3. The number of aliphatic imine (C=N–C) groups is 1. The lowest BCUT2D eigenvalue weighted by molar-refractivity contribution is 0.392. The topological polar surface area (TPSA) is 75.6 Å². The van der Waals surface area contributed by atoms with E-state index >= 15 is 0 Å². The Balaban J connectivity index is 2.01. The second kappa shape index (κ2) is 10.4. The van der Waals surface area contributed by atoms with Gasteiger partial charge in [0.25, 0.3) is 0 Å². The summed E-state index contributed by atoms with van der Waals surface area (Å²) in [5, 5.41) is 7.12. The Labute approximate surface area is 153 Å². The third kappa shape index (κ3) is 5.99. The van der Waals surface area contributed by atoms with Crippen molar-refractivity contribution in [2.24, 2.45) is 4.99 Å². The average molecular weight is 367 g/mol. The Morgan fingerprint density at radius 3 is 3.00 bits per heavy atom. The minimum absolute atomic E-state index is 0.303. The SMILES string of the molecule is CCNC(=NCc1cccnc1OC)NC1CCCC(S(=O)CC)C1. The third-order valence-electron chi connectivity index (χ3n) is 4.42. The van der Waals surface area contributed by atoms with Crippen LogP contribution in [0, 0.1) is 0 Å². The van der Waals surface area contributed by atoms with Gasteiger partial charge in [-0.25, -0.2) is 9.98 Å². The van der Waals surface area contributed by atoms with Crippen LogP contribution in [0.3, 0.4) is 0 Å². The maximum atomic E-state index is 12.1. The maximum Gasteiger partial charge on any atom is 0.218 e. The number of nitrogens with one attached hydrogen (secondary N) is 2. The van der Waals surface area contributed by atoms with Crippen LogP contribution < -0.4 is 15.4 Å². The van der Waals surface area contributed by atoms with E-state index in [0.717, 1.165) is 49.5 Å². The second-order valence-electron chi connectivity index (χ2n) is 6.17. The van der Waals surface area contributed by atoms with Crippen molar-refractivity contribution in [2.45, 2.75) is 57.4 Å². The molecule has 0 saturated heterocycles. The third-order valence-corrected chi connectivity index (χ3v) is 6.16. The molecule has 1 saturated carbocycles. The van der Waals surface area contributed by atoms with Gasteiger partial charge in [0.2, 0.25) is 5.88 Å². The first-order valence-electron chi connectivity index (χ1n) is 9.07. The molecule has 1 aromatic rings. The molecule has 7 heteroatoms. The van der Waals surface area contributed by atoms with Crippen LogP contribution in [-0.4, -0.2) is 45.9 Å². The second-order valence-corrected chi connectivity index (χ2v) is 8.17. The van der Waals surface area contributed by atoms with E-state index in [1.807, 2.05) is 19.1 Å². The molecule has 0 radical (unpaired) electrons. The predicted molar refractivity (Wildman–Crippen MR) is 103 cm³/mol. The largest absolute Gasteiger partial charge is 0.481 e. The fourth-order valence-electron chi connectivity index (χ4n) is 3.16. The van der Waals surface area contributed by atoms with Crippen LogP contribution in [0.2, 0.25) is 0 Å². The Morgan fingerprint density at radius 1 is 1.44 bits per heavy atom. The van der Waals surface area contributed by atoms with E-state index < -0.39 is 10.8 Å². The molecule has 6 nitrogen and oxygen atoms in total. The van der Waals surface area contributed by atoms with Gasteiger partial charge in [-0.15, -0.1) is 0 Å². The van der Waals surface area contributed by atoms with Crippen molar-refractivity contribution in [1.29, 1.82) is 0 Å². The standard InChI is InChI=1S/C18H30N4O2S/c1-4-19-18(21-13-14-8-7-11-20-17(14)24-3)22-15-9-6-10-16(12-15)25(23)5-2/h7-8,11,15-16H,4-6,9-10,12-13H2,1-3H3,(H2,19,21,22). The number of guanidine groups is 1. The highest BCUT2D eigenvalue weighted by molar-refractivity contribution is 7.85. The predicted octanol–water partition coefficient (Wildman–Crippen LogP) is 2.23. The Morgan fingerprint density at radius 2 is 2.28 bits per heavy atom. The summed E-state index contributed by atoms with van der Waals surface area (Å²) in [6.45, 7) is 5.36. The summed E-state index contributed by atoms with van der Waals surface area (Å²) in [5.74, 6) is 2.14. The maximum absolute atomic E-state index is 12.1. The first-order valence-corrected chi connectivity index (χ1v) is 10.5. The van der Waals surface area contributed by atoms with E-state index in [9.17, 15) is 4.21 Å². The number of aromatic nitrogens is 1. The summed E-state index contributed by atoms with van der Waals surface area (Å²) >= 11 is 0. The smallest absolute Gasteiger partial charge is 0.218 e. The molecule has 1 aliphatic rings. The monoisotopic (exact) mass is 366 g/mol. The molecule has 0 spiro atoms. The van der Waals surface area contributed by atoms with Crippen LogP contribution in [0.5, 0.6) is 5.88 Å². The molecular weight excluding hydrogens is 336 g/mol. The van der Waals surface area contributed by atoms with Gasteiger partial charge in [0.05, 0.1) is 13.7 Å². The Kier molecular flexibility index (Phi) is 8.18. The number of hydrogen-bond donors (Lipinski definition) is 2. The summed E-state index contributed by atoms with van der Waals surface area (Å²) in [5.41, 5.74) is 0.954. The van der Waals surface area contributed by atoms with Crippen molar-refractivity contribution >= 4 is 16.8 Å². The van der Waals surface area contributed by atoms with Crippen LogP contribution in [0.1, 0.15) is 45.1 Å². The molecule has 0 aromatic carbocycles. The van der Waals surface area contributed by atoms with Gasteiger partial charge in [-0.1, -0.05) is 19.4 Å². The zero-order chi connectivity index (χ0) is 18.1. The van der Waals surface area contributed by atoms with Gasteiger partial charge in [0.15, 0.2) is 5.96 Å². The summed E-state index contributed by atoms with van der Waals surface area (Å²) in [7, 11) is 0.904. The molecule has 140 valence electrons. The number of pyridine rings is 1. The molecule has 1 heterocycles. The van der Waals surface area contributed by atoms with E-state index in [2.05, 4.69) is 27.5 Å². The number of rotatable bonds is 7. The van der Waals surface area contributed by atoms with Crippen LogP contribution in [0.25, 0.3) is 0 Å². The quantitative estimate of drug-likeness (QED) is 0.572. The van der Waals surface area contributed by atoms with E-state index in [4.69, 9.17) is 4.74 Å². The molecule has 0 bridgehead atoms. The lowest BCUT2D eigenvalue weighted by Gasteiger charge is -2.30. The first-order chi connectivity index (χ1) is 12.2. The minimum Gasteiger partial charge on any atom is -0.481 e. The van der Waals surface area contributed by atoms with Crippen LogP contribution >= 0.6 is 0 Å². The van der Waals surface area contributed by atoms with Crippen molar-refractivity contribution < 1.29 is 8.95 Å². The molecule has 2 N–H and O–H groups in total. The van der Waals surface area contributed by atoms with E-state index in [-0.39, 0.29) is 0 Å². The molecule has 1 fully saturated rings. The van der Waals surface area contributed by atoms with Gasteiger partial charge < -0.3 is 15.4 Å². The van der Waals surface area contributed by atoms with E-state index in [1.54, 1.807) is 13.3 Å². The molecule has 1 aromatic heterocycles. The lowest BCUT2D eigenvalue weighted by atomic mass is 9.95.